The zero-order chi connectivity index (χ0) is 18.1. The van der Waals surface area contributed by atoms with Gasteiger partial charge in [0.15, 0.2) is 5.69 Å². The molecule has 1 aromatic carbocycles. The number of hydrogen-bond donors (Lipinski definition) is 3. The largest absolute Gasteiger partial charge is 0.348 e. The molecule has 1 fully saturated rings. The van der Waals surface area contributed by atoms with Crippen LogP contribution in [0.3, 0.4) is 0 Å². The molecule has 26 heavy (non-hydrogen) atoms. The van der Waals surface area contributed by atoms with Gasteiger partial charge in [-0.25, -0.2) is 0 Å². The zero-order valence-corrected chi connectivity index (χ0v) is 14.8. The number of rotatable bonds is 3. The molecular weight excluding hydrogens is 326 g/mol. The van der Waals surface area contributed by atoms with Crippen molar-refractivity contribution in [1.82, 2.24) is 20.5 Å². The third kappa shape index (κ3) is 3.20. The number of nitrogens with zero attached hydrogens (tertiary/aromatic N) is 2. The number of pyridine rings is 1. The Balaban J connectivity index is 1.62. The van der Waals surface area contributed by atoms with Crippen LogP contribution in [0, 0.1) is 6.92 Å². The van der Waals surface area contributed by atoms with E-state index in [1.807, 2.05) is 37.3 Å². The fourth-order valence-corrected chi connectivity index (χ4v) is 3.66. The third-order valence-corrected chi connectivity index (χ3v) is 5.20. The maximum absolute atomic E-state index is 12.7. The minimum Gasteiger partial charge on any atom is -0.348 e. The van der Waals surface area contributed by atoms with Gasteiger partial charge in [-0.3, -0.25) is 14.9 Å². The molecule has 0 radical (unpaired) electrons. The monoisotopic (exact) mass is 349 g/mol. The summed E-state index contributed by atoms with van der Waals surface area (Å²) in [6.45, 7) is 1.98. The minimum atomic E-state index is -0.128. The molecule has 1 amide bonds. The third-order valence-electron chi connectivity index (χ3n) is 5.20. The highest BCUT2D eigenvalue weighted by Gasteiger charge is 2.22. The smallest absolute Gasteiger partial charge is 0.272 e. The average Bonchev–Trinajstić information content (AvgIpc) is 3.07. The zero-order valence-electron chi connectivity index (χ0n) is 14.8. The van der Waals surface area contributed by atoms with Crippen LogP contribution < -0.4 is 11.1 Å². The molecule has 1 aliphatic carbocycles. The van der Waals surface area contributed by atoms with E-state index in [2.05, 4.69) is 20.5 Å². The predicted octanol–water partition coefficient (Wildman–Crippen LogP) is 2.93. The Morgan fingerprint density at radius 1 is 1.23 bits per heavy atom. The van der Waals surface area contributed by atoms with Crippen molar-refractivity contribution in [2.24, 2.45) is 5.73 Å². The second kappa shape index (κ2) is 6.88. The van der Waals surface area contributed by atoms with E-state index in [1.54, 1.807) is 6.20 Å². The summed E-state index contributed by atoms with van der Waals surface area (Å²) in [7, 11) is 0. The Morgan fingerprint density at radius 3 is 2.81 bits per heavy atom. The Hall–Kier alpha value is -2.73. The second-order valence-corrected chi connectivity index (χ2v) is 7.05. The van der Waals surface area contributed by atoms with Crippen molar-refractivity contribution in [3.05, 3.63) is 47.9 Å². The van der Waals surface area contributed by atoms with Crippen molar-refractivity contribution in [3.63, 3.8) is 0 Å². The number of aromatic nitrogens is 3. The first kappa shape index (κ1) is 16.7. The summed E-state index contributed by atoms with van der Waals surface area (Å²) >= 11 is 0. The molecule has 0 atom stereocenters. The molecule has 3 aromatic rings. The van der Waals surface area contributed by atoms with E-state index >= 15 is 0 Å². The van der Waals surface area contributed by atoms with Crippen molar-refractivity contribution >= 4 is 16.8 Å². The van der Waals surface area contributed by atoms with Crippen LogP contribution in [0.25, 0.3) is 22.0 Å². The molecule has 134 valence electrons. The van der Waals surface area contributed by atoms with Gasteiger partial charge >= 0.3 is 0 Å². The van der Waals surface area contributed by atoms with Crippen LogP contribution in [0.5, 0.6) is 0 Å². The van der Waals surface area contributed by atoms with Crippen LogP contribution in [0.1, 0.15) is 41.9 Å². The normalized spacial score (nSPS) is 20.2. The maximum Gasteiger partial charge on any atom is 0.272 e. The summed E-state index contributed by atoms with van der Waals surface area (Å²) in [6, 6.07) is 10.4. The Morgan fingerprint density at radius 2 is 2.04 bits per heavy atom. The number of benzene rings is 1. The molecule has 1 aliphatic rings. The van der Waals surface area contributed by atoms with Crippen molar-refractivity contribution in [3.8, 4) is 11.1 Å². The number of aromatic amines is 1. The van der Waals surface area contributed by atoms with E-state index in [-0.39, 0.29) is 18.0 Å². The van der Waals surface area contributed by atoms with E-state index in [9.17, 15) is 4.79 Å². The number of carbonyl (C=O) groups excluding carboxylic acids is 1. The number of amides is 1. The van der Waals surface area contributed by atoms with Crippen LogP contribution in [0.15, 0.2) is 36.5 Å². The fourth-order valence-electron chi connectivity index (χ4n) is 3.66. The van der Waals surface area contributed by atoms with E-state index < -0.39 is 0 Å². The number of hydrogen-bond acceptors (Lipinski definition) is 4. The van der Waals surface area contributed by atoms with E-state index in [1.165, 1.54) is 0 Å². The molecule has 0 spiro atoms. The molecule has 4 N–H and O–H groups in total. The van der Waals surface area contributed by atoms with Gasteiger partial charge in [0, 0.05) is 34.9 Å². The molecule has 0 saturated heterocycles. The summed E-state index contributed by atoms with van der Waals surface area (Å²) < 4.78 is 0. The number of carbonyl (C=O) groups is 1. The first-order valence-electron chi connectivity index (χ1n) is 9.08. The van der Waals surface area contributed by atoms with Crippen molar-refractivity contribution in [2.75, 3.05) is 0 Å². The first-order chi connectivity index (χ1) is 12.6. The highest BCUT2D eigenvalue weighted by molar-refractivity contribution is 6.05. The lowest BCUT2D eigenvalue weighted by Gasteiger charge is -2.26. The summed E-state index contributed by atoms with van der Waals surface area (Å²) in [5.74, 6) is -0.128. The van der Waals surface area contributed by atoms with Gasteiger partial charge in [-0.15, -0.1) is 0 Å². The summed E-state index contributed by atoms with van der Waals surface area (Å²) in [5.41, 5.74) is 10.3. The highest BCUT2D eigenvalue weighted by atomic mass is 16.2. The summed E-state index contributed by atoms with van der Waals surface area (Å²) in [4.78, 5) is 17.1. The van der Waals surface area contributed by atoms with Crippen molar-refractivity contribution in [2.45, 2.75) is 44.7 Å². The van der Waals surface area contributed by atoms with Gasteiger partial charge in [-0.2, -0.15) is 5.10 Å². The Bertz CT molecular complexity index is 940. The number of nitrogens with two attached hydrogens (primary N) is 1. The standard InChI is InChI=1S/C20H23N5O/c1-12-16(3-2-10-22-12)13-4-9-18-17(11-13)19(25-24-18)20(26)23-15-7-5-14(21)6-8-15/h2-4,9-11,14-15H,5-8,21H2,1H3,(H,23,26)(H,24,25). The SMILES string of the molecule is Cc1ncccc1-c1ccc2[nH]nc(C(=O)NC3CCC(N)CC3)c2c1. The predicted molar refractivity (Wildman–Crippen MR) is 102 cm³/mol. The molecule has 0 unspecified atom stereocenters. The van der Waals surface area contributed by atoms with Crippen LogP contribution >= 0.6 is 0 Å². The summed E-state index contributed by atoms with van der Waals surface area (Å²) in [5, 5.41) is 11.2. The second-order valence-electron chi connectivity index (χ2n) is 7.05. The lowest BCUT2D eigenvalue weighted by atomic mass is 9.92. The topological polar surface area (TPSA) is 96.7 Å². The van der Waals surface area contributed by atoms with Gasteiger partial charge in [0.05, 0.1) is 5.52 Å². The van der Waals surface area contributed by atoms with Gasteiger partial charge in [0.1, 0.15) is 0 Å². The molecule has 1 saturated carbocycles. The molecular formula is C20H23N5O. The molecule has 4 rings (SSSR count). The molecule has 6 heteroatoms. The first-order valence-corrected chi connectivity index (χ1v) is 9.08. The lowest BCUT2D eigenvalue weighted by Crippen LogP contribution is -2.40. The van der Waals surface area contributed by atoms with Crippen molar-refractivity contribution in [1.29, 1.82) is 0 Å². The minimum absolute atomic E-state index is 0.128. The van der Waals surface area contributed by atoms with E-state index in [0.29, 0.717) is 5.69 Å². The number of H-pyrrole nitrogens is 1. The van der Waals surface area contributed by atoms with E-state index in [0.717, 1.165) is 53.4 Å². The molecule has 6 nitrogen and oxygen atoms in total. The Kier molecular flexibility index (Phi) is 4.42. The van der Waals surface area contributed by atoms with Gasteiger partial charge < -0.3 is 11.1 Å². The van der Waals surface area contributed by atoms with Gasteiger partial charge in [0.25, 0.3) is 5.91 Å². The van der Waals surface area contributed by atoms with E-state index in [4.69, 9.17) is 5.73 Å². The summed E-state index contributed by atoms with van der Waals surface area (Å²) in [6.07, 6.45) is 5.54. The molecule has 0 aliphatic heterocycles. The quantitative estimate of drug-likeness (QED) is 0.677. The van der Waals surface area contributed by atoms with Crippen LogP contribution in [-0.2, 0) is 0 Å². The average molecular weight is 349 g/mol. The van der Waals surface area contributed by atoms with Crippen molar-refractivity contribution < 1.29 is 4.79 Å². The number of fused-ring (bicyclic) bond motifs is 1. The number of nitrogens with one attached hydrogen (secondary N) is 2. The number of aryl methyl sites for hydroxylation is 1. The Labute approximate surface area is 152 Å². The fraction of sp³-hybridized carbons (Fsp3) is 0.350. The van der Waals surface area contributed by atoms with Crippen LogP contribution in [0.4, 0.5) is 0 Å². The van der Waals surface area contributed by atoms with Gasteiger partial charge in [-0.1, -0.05) is 12.1 Å². The molecule has 2 heterocycles. The lowest BCUT2D eigenvalue weighted by molar-refractivity contribution is 0.0922. The molecule has 0 bridgehead atoms. The molecule has 2 aromatic heterocycles. The van der Waals surface area contributed by atoms with Gasteiger partial charge in [0.2, 0.25) is 0 Å². The maximum atomic E-state index is 12.7. The van der Waals surface area contributed by atoms with Crippen LogP contribution in [-0.4, -0.2) is 33.2 Å². The highest BCUT2D eigenvalue weighted by Crippen LogP contribution is 2.27. The van der Waals surface area contributed by atoms with Gasteiger partial charge in [-0.05, 0) is 56.4 Å². The van der Waals surface area contributed by atoms with Crippen LogP contribution in [0.2, 0.25) is 0 Å².